The fraction of sp³-hybridized carbons (Fsp3) is 0.0909. The topological polar surface area (TPSA) is 101 Å². The minimum atomic E-state index is -3.76. The van der Waals surface area contributed by atoms with Crippen molar-refractivity contribution >= 4 is 21.7 Å². The number of nitrogens with one attached hydrogen (secondary N) is 1. The molecule has 2 N–H and O–H groups in total. The van der Waals surface area contributed by atoms with Gasteiger partial charge in [0.1, 0.15) is 4.90 Å². The minimum absolute atomic E-state index is 0.00591. The van der Waals surface area contributed by atoms with Crippen molar-refractivity contribution in [1.29, 1.82) is 0 Å². The van der Waals surface area contributed by atoms with Crippen molar-refractivity contribution in [3.8, 4) is 0 Å². The van der Waals surface area contributed by atoms with Gasteiger partial charge in [0, 0.05) is 18.9 Å². The van der Waals surface area contributed by atoms with E-state index in [1.165, 1.54) is 41.3 Å². The van der Waals surface area contributed by atoms with Gasteiger partial charge in [-0.05, 0) is 18.2 Å². The lowest BCUT2D eigenvalue weighted by Crippen LogP contribution is -2.12. The van der Waals surface area contributed by atoms with Gasteiger partial charge in [-0.1, -0.05) is 6.07 Å². The summed E-state index contributed by atoms with van der Waals surface area (Å²) in [6, 6.07) is 5.56. The number of rotatable bonds is 4. The molecular formula is C11H11N3O4S. The van der Waals surface area contributed by atoms with Gasteiger partial charge in [-0.2, -0.15) is 5.10 Å². The zero-order valence-electron chi connectivity index (χ0n) is 9.94. The predicted octanol–water partition coefficient (Wildman–Crippen LogP) is 0.919. The van der Waals surface area contributed by atoms with Gasteiger partial charge in [0.15, 0.2) is 0 Å². The van der Waals surface area contributed by atoms with Crippen molar-refractivity contribution in [2.24, 2.45) is 7.05 Å². The maximum absolute atomic E-state index is 12.0. The molecule has 1 aromatic carbocycles. The van der Waals surface area contributed by atoms with E-state index in [-0.39, 0.29) is 16.1 Å². The van der Waals surface area contributed by atoms with E-state index in [1.54, 1.807) is 7.05 Å². The second-order valence-electron chi connectivity index (χ2n) is 3.84. The number of benzene rings is 1. The van der Waals surface area contributed by atoms with Crippen LogP contribution in [-0.4, -0.2) is 29.3 Å². The summed E-state index contributed by atoms with van der Waals surface area (Å²) in [7, 11) is -2.16. The van der Waals surface area contributed by atoms with E-state index in [0.717, 1.165) is 0 Å². The molecule has 0 saturated carbocycles. The number of sulfonamides is 1. The van der Waals surface area contributed by atoms with Crippen molar-refractivity contribution in [1.82, 2.24) is 9.78 Å². The van der Waals surface area contributed by atoms with E-state index in [1.807, 2.05) is 0 Å². The molecule has 2 rings (SSSR count). The monoisotopic (exact) mass is 281 g/mol. The number of carbonyl (C=O) groups is 1. The molecule has 1 heterocycles. The zero-order chi connectivity index (χ0) is 14.0. The van der Waals surface area contributed by atoms with Crippen LogP contribution in [0.1, 0.15) is 10.4 Å². The number of hydrogen-bond donors (Lipinski definition) is 2. The molecule has 0 aliphatic carbocycles. The number of aromatic carboxylic acids is 1. The smallest absolute Gasteiger partial charge is 0.335 e. The van der Waals surface area contributed by atoms with Crippen molar-refractivity contribution in [2.45, 2.75) is 4.90 Å². The number of nitrogens with zero attached hydrogens (tertiary/aromatic N) is 2. The Balaban J connectivity index is 2.30. The lowest BCUT2D eigenvalue weighted by molar-refractivity contribution is 0.0697. The molecule has 0 aliphatic heterocycles. The summed E-state index contributed by atoms with van der Waals surface area (Å²) in [6.07, 6.45) is 2.56. The fourth-order valence-corrected chi connectivity index (χ4v) is 2.50. The summed E-state index contributed by atoms with van der Waals surface area (Å²) in [5.41, 5.74) is 0.190. The number of anilines is 1. The van der Waals surface area contributed by atoms with Crippen LogP contribution >= 0.6 is 0 Å². The van der Waals surface area contributed by atoms with Crippen LogP contribution < -0.4 is 4.72 Å². The Hall–Kier alpha value is -2.35. The molecule has 0 saturated heterocycles. The first kappa shape index (κ1) is 13.1. The normalized spacial score (nSPS) is 11.2. The molecule has 19 heavy (non-hydrogen) atoms. The van der Waals surface area contributed by atoms with Crippen LogP contribution in [0.5, 0.6) is 0 Å². The molecule has 0 amide bonds. The van der Waals surface area contributed by atoms with Crippen molar-refractivity contribution in [2.75, 3.05) is 4.72 Å². The van der Waals surface area contributed by atoms with Crippen LogP contribution in [0.4, 0.5) is 5.69 Å². The van der Waals surface area contributed by atoms with Gasteiger partial charge >= 0.3 is 5.97 Å². The number of aryl methyl sites for hydroxylation is 1. The number of aromatic nitrogens is 2. The van der Waals surface area contributed by atoms with Crippen LogP contribution in [0, 0.1) is 0 Å². The highest BCUT2D eigenvalue weighted by molar-refractivity contribution is 7.92. The van der Waals surface area contributed by atoms with Gasteiger partial charge < -0.3 is 5.11 Å². The first-order valence-electron chi connectivity index (χ1n) is 5.23. The Morgan fingerprint density at radius 1 is 1.42 bits per heavy atom. The van der Waals surface area contributed by atoms with Crippen molar-refractivity contribution < 1.29 is 18.3 Å². The van der Waals surface area contributed by atoms with Gasteiger partial charge in [0.2, 0.25) is 0 Å². The molecule has 0 aliphatic rings. The summed E-state index contributed by atoms with van der Waals surface area (Å²) in [4.78, 5) is 10.8. The van der Waals surface area contributed by atoms with Crippen LogP contribution in [0.15, 0.2) is 41.6 Å². The SMILES string of the molecule is Cn1cc(S(=O)(=O)Nc2cccc(C(=O)O)c2)cn1. The Morgan fingerprint density at radius 2 is 2.16 bits per heavy atom. The molecule has 1 aromatic heterocycles. The molecular weight excluding hydrogens is 270 g/mol. The second-order valence-corrected chi connectivity index (χ2v) is 5.52. The number of carboxylic acid groups (broad SMARTS) is 1. The quantitative estimate of drug-likeness (QED) is 0.867. The molecule has 0 atom stereocenters. The molecule has 100 valence electrons. The molecule has 7 nitrogen and oxygen atoms in total. The molecule has 0 spiro atoms. The predicted molar refractivity (Wildman–Crippen MR) is 67.4 cm³/mol. The summed E-state index contributed by atoms with van der Waals surface area (Å²) >= 11 is 0. The third-order valence-electron chi connectivity index (χ3n) is 2.35. The van der Waals surface area contributed by atoms with Crippen molar-refractivity contribution in [3.05, 3.63) is 42.2 Å². The van der Waals surface area contributed by atoms with Crippen LogP contribution in [-0.2, 0) is 17.1 Å². The third-order valence-corrected chi connectivity index (χ3v) is 3.69. The Labute approximate surface area is 109 Å². The first-order valence-corrected chi connectivity index (χ1v) is 6.71. The van der Waals surface area contributed by atoms with E-state index in [4.69, 9.17) is 5.11 Å². The molecule has 0 fully saturated rings. The minimum Gasteiger partial charge on any atom is -0.478 e. The molecule has 8 heteroatoms. The third kappa shape index (κ3) is 2.91. The van der Waals surface area contributed by atoms with Gasteiger partial charge in [-0.3, -0.25) is 9.40 Å². The Bertz CT molecular complexity index is 721. The number of hydrogen-bond acceptors (Lipinski definition) is 4. The Kier molecular flexibility index (Phi) is 3.26. The van der Waals surface area contributed by atoms with Crippen molar-refractivity contribution in [3.63, 3.8) is 0 Å². The van der Waals surface area contributed by atoms with E-state index in [2.05, 4.69) is 9.82 Å². The summed E-state index contributed by atoms with van der Waals surface area (Å²) in [5.74, 6) is -1.12. The van der Waals surface area contributed by atoms with Crippen LogP contribution in [0.3, 0.4) is 0 Å². The standard InChI is InChI=1S/C11H11N3O4S/c1-14-7-10(6-12-14)19(17,18)13-9-4-2-3-8(5-9)11(15)16/h2-7,13H,1H3,(H,15,16). The second kappa shape index (κ2) is 4.73. The van der Waals surface area contributed by atoms with E-state index < -0.39 is 16.0 Å². The van der Waals surface area contributed by atoms with Gasteiger partial charge in [0.25, 0.3) is 10.0 Å². The highest BCUT2D eigenvalue weighted by Gasteiger charge is 2.16. The Morgan fingerprint density at radius 3 is 2.74 bits per heavy atom. The lowest BCUT2D eigenvalue weighted by Gasteiger charge is -2.06. The average Bonchev–Trinajstić information content (AvgIpc) is 2.76. The summed E-state index contributed by atoms with van der Waals surface area (Å²) in [5, 5.41) is 12.6. The highest BCUT2D eigenvalue weighted by atomic mass is 32.2. The van der Waals surface area contributed by atoms with Gasteiger partial charge in [0.05, 0.1) is 11.8 Å². The number of carboxylic acids is 1. The van der Waals surface area contributed by atoms with Crippen LogP contribution in [0.25, 0.3) is 0 Å². The van der Waals surface area contributed by atoms with E-state index in [0.29, 0.717) is 0 Å². The fourth-order valence-electron chi connectivity index (χ4n) is 1.47. The molecule has 0 unspecified atom stereocenters. The van der Waals surface area contributed by atoms with Gasteiger partial charge in [-0.25, -0.2) is 13.2 Å². The van der Waals surface area contributed by atoms with E-state index >= 15 is 0 Å². The highest BCUT2D eigenvalue weighted by Crippen LogP contribution is 2.16. The lowest BCUT2D eigenvalue weighted by atomic mass is 10.2. The maximum Gasteiger partial charge on any atom is 0.335 e. The molecule has 0 radical (unpaired) electrons. The molecule has 0 bridgehead atoms. The van der Waals surface area contributed by atoms with Gasteiger partial charge in [-0.15, -0.1) is 0 Å². The van der Waals surface area contributed by atoms with Crippen LogP contribution in [0.2, 0.25) is 0 Å². The largest absolute Gasteiger partial charge is 0.478 e. The van der Waals surface area contributed by atoms with E-state index in [9.17, 15) is 13.2 Å². The first-order chi connectivity index (χ1) is 8.88. The average molecular weight is 281 g/mol. The zero-order valence-corrected chi connectivity index (χ0v) is 10.8. The summed E-state index contributed by atoms with van der Waals surface area (Å²) < 4.78 is 27.6. The summed E-state index contributed by atoms with van der Waals surface area (Å²) in [6.45, 7) is 0. The molecule has 2 aromatic rings. The maximum atomic E-state index is 12.0.